The van der Waals surface area contributed by atoms with Gasteiger partial charge in [-0.15, -0.1) is 0 Å². The minimum atomic E-state index is -0.843. The van der Waals surface area contributed by atoms with Crippen LogP contribution in [0.3, 0.4) is 0 Å². The van der Waals surface area contributed by atoms with Crippen molar-refractivity contribution in [3.63, 3.8) is 0 Å². The van der Waals surface area contributed by atoms with Crippen LogP contribution in [0.4, 0.5) is 8.78 Å². The Hall–Kier alpha value is -0.960. The van der Waals surface area contributed by atoms with Gasteiger partial charge in [-0.3, -0.25) is 0 Å². The van der Waals surface area contributed by atoms with Gasteiger partial charge < -0.3 is 5.11 Å². The van der Waals surface area contributed by atoms with Crippen LogP contribution in [0.25, 0.3) is 0 Å². The van der Waals surface area contributed by atoms with Crippen LogP contribution >= 0.6 is 0 Å². The molecule has 0 spiro atoms. The maximum absolute atomic E-state index is 13.2. The molecule has 1 fully saturated rings. The fourth-order valence-electron chi connectivity index (χ4n) is 2.87. The Balaban J connectivity index is 2.23. The maximum atomic E-state index is 13.2. The predicted molar refractivity (Wildman–Crippen MR) is 67.3 cm³/mol. The van der Waals surface area contributed by atoms with Gasteiger partial charge >= 0.3 is 0 Å². The second-order valence-electron chi connectivity index (χ2n) is 6.05. The highest BCUT2D eigenvalue weighted by Gasteiger charge is 2.44. The number of hydrogen-bond donors (Lipinski definition) is 1. The molecule has 100 valence electrons. The zero-order chi connectivity index (χ0) is 13.4. The van der Waals surface area contributed by atoms with E-state index in [1.807, 2.05) is 13.8 Å². The molecule has 1 aromatic carbocycles. The Morgan fingerprint density at radius 2 is 1.78 bits per heavy atom. The molecular formula is C15H20F2O. The quantitative estimate of drug-likeness (QED) is 0.850. The highest BCUT2D eigenvalue weighted by molar-refractivity contribution is 5.21. The highest BCUT2D eigenvalue weighted by atomic mass is 19.2. The Morgan fingerprint density at radius 3 is 2.39 bits per heavy atom. The van der Waals surface area contributed by atoms with E-state index in [2.05, 4.69) is 0 Å². The van der Waals surface area contributed by atoms with Gasteiger partial charge in [0.2, 0.25) is 0 Å². The molecule has 0 amide bonds. The maximum Gasteiger partial charge on any atom is 0.159 e. The van der Waals surface area contributed by atoms with E-state index in [9.17, 15) is 13.9 Å². The fraction of sp³-hybridized carbons (Fsp3) is 0.600. The van der Waals surface area contributed by atoms with Crippen LogP contribution in [-0.2, 0) is 6.42 Å². The Morgan fingerprint density at radius 1 is 1.11 bits per heavy atom. The van der Waals surface area contributed by atoms with E-state index in [0.29, 0.717) is 12.0 Å². The molecule has 0 bridgehead atoms. The molecule has 0 saturated heterocycles. The van der Waals surface area contributed by atoms with E-state index < -0.39 is 17.2 Å². The molecule has 0 aliphatic heterocycles. The number of hydrogen-bond acceptors (Lipinski definition) is 1. The smallest absolute Gasteiger partial charge is 0.159 e. The van der Waals surface area contributed by atoms with Crippen LogP contribution < -0.4 is 0 Å². The Bertz CT molecular complexity index is 442. The standard InChI is InChI=1S/C15H20F2O/c1-14(2)7-3-4-8-15(14,18)10-11-5-6-12(16)13(17)9-11/h5-6,9,18H,3-4,7-8,10H2,1-2H3. The van der Waals surface area contributed by atoms with Gasteiger partial charge in [0.05, 0.1) is 5.60 Å². The van der Waals surface area contributed by atoms with Gasteiger partial charge in [-0.2, -0.15) is 0 Å². The van der Waals surface area contributed by atoms with E-state index in [1.54, 1.807) is 6.07 Å². The summed E-state index contributed by atoms with van der Waals surface area (Å²) in [6.07, 6.45) is 4.18. The summed E-state index contributed by atoms with van der Waals surface area (Å²) in [5.74, 6) is -1.68. The molecule has 1 nitrogen and oxygen atoms in total. The van der Waals surface area contributed by atoms with Gasteiger partial charge in [0.15, 0.2) is 11.6 Å². The van der Waals surface area contributed by atoms with Crippen LogP contribution in [0.15, 0.2) is 18.2 Å². The molecule has 1 atom stereocenters. The third-order valence-corrected chi connectivity index (χ3v) is 4.38. The third-order valence-electron chi connectivity index (χ3n) is 4.38. The van der Waals surface area contributed by atoms with Crippen molar-refractivity contribution in [2.45, 2.75) is 51.6 Å². The Kier molecular flexibility index (Phi) is 3.45. The monoisotopic (exact) mass is 254 g/mol. The van der Waals surface area contributed by atoms with Crippen LogP contribution in [0.5, 0.6) is 0 Å². The van der Waals surface area contributed by atoms with Crippen molar-refractivity contribution in [3.8, 4) is 0 Å². The molecule has 1 aliphatic carbocycles. The summed E-state index contributed by atoms with van der Waals surface area (Å²) in [4.78, 5) is 0. The zero-order valence-corrected chi connectivity index (χ0v) is 11.0. The summed E-state index contributed by atoms with van der Waals surface area (Å²) in [6, 6.07) is 3.88. The molecule has 1 aliphatic rings. The summed E-state index contributed by atoms with van der Waals surface area (Å²) in [5, 5.41) is 10.8. The van der Waals surface area contributed by atoms with Gasteiger partial charge in [-0.1, -0.05) is 32.8 Å². The van der Waals surface area contributed by atoms with E-state index >= 15 is 0 Å². The molecule has 0 radical (unpaired) electrons. The average molecular weight is 254 g/mol. The summed E-state index contributed by atoms with van der Waals surface area (Å²) in [7, 11) is 0. The molecule has 1 N–H and O–H groups in total. The van der Waals surface area contributed by atoms with Crippen molar-refractivity contribution in [3.05, 3.63) is 35.4 Å². The van der Waals surface area contributed by atoms with Crippen molar-refractivity contribution >= 4 is 0 Å². The van der Waals surface area contributed by atoms with Crippen molar-refractivity contribution < 1.29 is 13.9 Å². The summed E-state index contributed by atoms with van der Waals surface area (Å²) in [6.45, 7) is 4.10. The average Bonchev–Trinajstić information content (AvgIpc) is 2.28. The molecular weight excluding hydrogens is 234 g/mol. The predicted octanol–water partition coefficient (Wildman–Crippen LogP) is 3.84. The van der Waals surface area contributed by atoms with Crippen molar-refractivity contribution in [1.82, 2.24) is 0 Å². The van der Waals surface area contributed by atoms with Crippen LogP contribution in [0, 0.1) is 17.0 Å². The second-order valence-corrected chi connectivity index (χ2v) is 6.05. The third kappa shape index (κ3) is 2.41. The fourth-order valence-corrected chi connectivity index (χ4v) is 2.87. The lowest BCUT2D eigenvalue weighted by Gasteiger charge is -2.46. The minimum absolute atomic E-state index is 0.184. The zero-order valence-electron chi connectivity index (χ0n) is 11.0. The molecule has 0 heterocycles. The lowest BCUT2D eigenvalue weighted by atomic mass is 9.63. The lowest BCUT2D eigenvalue weighted by molar-refractivity contribution is -0.0958. The molecule has 2 rings (SSSR count). The molecule has 3 heteroatoms. The van der Waals surface area contributed by atoms with Gasteiger partial charge in [0, 0.05) is 6.42 Å². The van der Waals surface area contributed by atoms with E-state index in [-0.39, 0.29) is 5.41 Å². The Labute approximate surface area is 107 Å². The van der Waals surface area contributed by atoms with Gasteiger partial charge in [-0.05, 0) is 36.0 Å². The van der Waals surface area contributed by atoms with Crippen LogP contribution in [0.2, 0.25) is 0 Å². The molecule has 18 heavy (non-hydrogen) atoms. The molecule has 1 aromatic rings. The summed E-state index contributed by atoms with van der Waals surface area (Å²) < 4.78 is 26.1. The topological polar surface area (TPSA) is 20.2 Å². The van der Waals surface area contributed by atoms with E-state index in [1.165, 1.54) is 6.07 Å². The van der Waals surface area contributed by atoms with E-state index in [4.69, 9.17) is 0 Å². The number of aliphatic hydroxyl groups is 1. The van der Waals surface area contributed by atoms with Gasteiger partial charge in [-0.25, -0.2) is 8.78 Å². The number of halogens is 2. The van der Waals surface area contributed by atoms with Crippen molar-refractivity contribution in [2.75, 3.05) is 0 Å². The first-order valence-electron chi connectivity index (χ1n) is 6.50. The van der Waals surface area contributed by atoms with E-state index in [0.717, 1.165) is 31.7 Å². The minimum Gasteiger partial charge on any atom is -0.389 e. The lowest BCUT2D eigenvalue weighted by Crippen LogP contribution is -2.48. The number of benzene rings is 1. The van der Waals surface area contributed by atoms with Gasteiger partial charge in [0.1, 0.15) is 0 Å². The van der Waals surface area contributed by atoms with Crippen molar-refractivity contribution in [1.29, 1.82) is 0 Å². The first-order valence-corrected chi connectivity index (χ1v) is 6.50. The SMILES string of the molecule is CC1(C)CCCCC1(O)Cc1ccc(F)c(F)c1. The van der Waals surface area contributed by atoms with Crippen LogP contribution in [0.1, 0.15) is 45.1 Å². The van der Waals surface area contributed by atoms with Crippen molar-refractivity contribution in [2.24, 2.45) is 5.41 Å². The highest BCUT2D eigenvalue weighted by Crippen LogP contribution is 2.45. The first-order chi connectivity index (χ1) is 8.34. The molecule has 1 saturated carbocycles. The van der Waals surface area contributed by atoms with Gasteiger partial charge in [0.25, 0.3) is 0 Å². The molecule has 1 unspecified atom stereocenters. The second kappa shape index (κ2) is 4.61. The number of rotatable bonds is 2. The van der Waals surface area contributed by atoms with Crippen LogP contribution in [-0.4, -0.2) is 10.7 Å². The normalized spacial score (nSPS) is 27.2. The molecule has 0 aromatic heterocycles. The first kappa shape index (κ1) is 13.5. The summed E-state index contributed by atoms with van der Waals surface area (Å²) in [5.41, 5.74) is -0.350. The largest absolute Gasteiger partial charge is 0.389 e. The summed E-state index contributed by atoms with van der Waals surface area (Å²) >= 11 is 0.